The first kappa shape index (κ1) is 21.5. The second-order valence-corrected chi connectivity index (χ2v) is 5.55. The minimum absolute atomic E-state index is 0.184. The van der Waals surface area contributed by atoms with E-state index in [0.717, 1.165) is 25.7 Å². The van der Waals surface area contributed by atoms with Crippen LogP contribution in [-0.2, 0) is 19.1 Å². The number of carbonyl (C=O) groups is 3. The predicted molar refractivity (Wildman–Crippen MR) is 94.6 cm³/mol. The molecule has 144 valence electrons. The molecule has 0 saturated carbocycles. The van der Waals surface area contributed by atoms with Crippen molar-refractivity contribution in [3.8, 4) is 11.5 Å². The molecule has 0 radical (unpaired) electrons. The maximum absolute atomic E-state index is 11.6. The lowest BCUT2D eigenvalue weighted by molar-refractivity contribution is -0.147. The highest BCUT2D eigenvalue weighted by Gasteiger charge is 2.12. The average molecular weight is 366 g/mol. The number of hydrogen-bond donors (Lipinski definition) is 0. The first-order valence-corrected chi connectivity index (χ1v) is 8.76. The molecular formula is C19H26O7. The lowest BCUT2D eigenvalue weighted by Crippen LogP contribution is -2.18. The van der Waals surface area contributed by atoms with Crippen LogP contribution in [0.2, 0.25) is 0 Å². The van der Waals surface area contributed by atoms with E-state index in [2.05, 4.69) is 0 Å². The number of hydrogen-bond acceptors (Lipinski definition) is 7. The van der Waals surface area contributed by atoms with Crippen molar-refractivity contribution in [2.45, 2.75) is 39.5 Å². The number of benzene rings is 1. The molecule has 7 nitrogen and oxygen atoms in total. The molecule has 1 rings (SSSR count). The van der Waals surface area contributed by atoms with Crippen molar-refractivity contribution in [1.29, 1.82) is 0 Å². The van der Waals surface area contributed by atoms with E-state index in [1.165, 1.54) is 18.2 Å². The van der Waals surface area contributed by atoms with Crippen LogP contribution in [0, 0.1) is 0 Å². The Bertz CT molecular complexity index is 583. The van der Waals surface area contributed by atoms with Gasteiger partial charge in [-0.05, 0) is 31.0 Å². The van der Waals surface area contributed by atoms with Gasteiger partial charge in [-0.25, -0.2) is 9.59 Å². The molecule has 0 N–H and O–H groups in total. The highest BCUT2D eigenvalue weighted by Crippen LogP contribution is 2.28. The quantitative estimate of drug-likeness (QED) is 0.301. The van der Waals surface area contributed by atoms with E-state index in [1.54, 1.807) is 0 Å². The van der Waals surface area contributed by atoms with Gasteiger partial charge >= 0.3 is 11.9 Å². The second kappa shape index (κ2) is 12.7. The summed E-state index contributed by atoms with van der Waals surface area (Å²) in [7, 11) is 0. The molecule has 1 aromatic carbocycles. The summed E-state index contributed by atoms with van der Waals surface area (Å²) in [5, 5.41) is 0. The lowest BCUT2D eigenvalue weighted by atomic mass is 10.2. The molecule has 0 unspecified atom stereocenters. The van der Waals surface area contributed by atoms with Crippen molar-refractivity contribution in [2.75, 3.05) is 26.4 Å². The smallest absolute Gasteiger partial charge is 0.344 e. The second-order valence-electron chi connectivity index (χ2n) is 5.55. The van der Waals surface area contributed by atoms with E-state index in [1.807, 2.05) is 13.8 Å². The van der Waals surface area contributed by atoms with Crippen LogP contribution in [0.3, 0.4) is 0 Å². The average Bonchev–Trinajstić information content (AvgIpc) is 2.65. The SMILES string of the molecule is CCCCOC(=O)COc1ccc(C=O)cc1OCC(=O)OCCCC. The summed E-state index contributed by atoms with van der Waals surface area (Å²) in [5.41, 5.74) is 0.359. The van der Waals surface area contributed by atoms with Crippen LogP contribution in [-0.4, -0.2) is 44.7 Å². The number of esters is 2. The molecule has 0 amide bonds. The Morgan fingerprint density at radius 3 is 1.92 bits per heavy atom. The van der Waals surface area contributed by atoms with Gasteiger partial charge in [-0.15, -0.1) is 0 Å². The van der Waals surface area contributed by atoms with Gasteiger partial charge in [0.25, 0.3) is 0 Å². The van der Waals surface area contributed by atoms with Gasteiger partial charge in [0.05, 0.1) is 13.2 Å². The Hall–Kier alpha value is -2.57. The minimum Gasteiger partial charge on any atom is -0.478 e. The van der Waals surface area contributed by atoms with E-state index in [-0.39, 0.29) is 24.7 Å². The highest BCUT2D eigenvalue weighted by molar-refractivity contribution is 5.77. The normalized spacial score (nSPS) is 10.1. The van der Waals surface area contributed by atoms with Gasteiger partial charge in [0, 0.05) is 5.56 Å². The van der Waals surface area contributed by atoms with Crippen LogP contribution in [0.5, 0.6) is 11.5 Å². The number of ether oxygens (including phenoxy) is 4. The van der Waals surface area contributed by atoms with Gasteiger partial charge in [0.1, 0.15) is 6.29 Å². The van der Waals surface area contributed by atoms with Gasteiger partial charge in [-0.1, -0.05) is 26.7 Å². The van der Waals surface area contributed by atoms with Gasteiger partial charge in [0.15, 0.2) is 24.7 Å². The summed E-state index contributed by atoms with van der Waals surface area (Å²) in [6.45, 7) is 4.06. The van der Waals surface area contributed by atoms with Crippen molar-refractivity contribution in [3.05, 3.63) is 23.8 Å². The number of aldehydes is 1. The fraction of sp³-hybridized carbons (Fsp3) is 0.526. The van der Waals surface area contributed by atoms with Crippen molar-refractivity contribution >= 4 is 18.2 Å². The lowest BCUT2D eigenvalue weighted by Gasteiger charge is -2.13. The van der Waals surface area contributed by atoms with Gasteiger partial charge in [-0.2, -0.15) is 0 Å². The zero-order valence-corrected chi connectivity index (χ0v) is 15.3. The predicted octanol–water partition coefficient (Wildman–Crippen LogP) is 2.94. The van der Waals surface area contributed by atoms with Crippen molar-refractivity contribution in [3.63, 3.8) is 0 Å². The topological polar surface area (TPSA) is 88.1 Å². The van der Waals surface area contributed by atoms with Gasteiger partial charge in [0.2, 0.25) is 0 Å². The first-order valence-electron chi connectivity index (χ1n) is 8.76. The Morgan fingerprint density at radius 1 is 0.885 bits per heavy atom. The van der Waals surface area contributed by atoms with Crippen molar-refractivity contribution < 1.29 is 33.3 Å². The molecule has 0 aliphatic rings. The zero-order valence-electron chi connectivity index (χ0n) is 15.3. The van der Waals surface area contributed by atoms with E-state index >= 15 is 0 Å². The Kier molecular flexibility index (Phi) is 10.5. The number of unbranched alkanes of at least 4 members (excludes halogenated alkanes) is 2. The van der Waals surface area contributed by atoms with Gasteiger partial charge in [-0.3, -0.25) is 4.79 Å². The molecule has 0 bridgehead atoms. The molecular weight excluding hydrogens is 340 g/mol. The van der Waals surface area contributed by atoms with E-state index in [4.69, 9.17) is 18.9 Å². The summed E-state index contributed by atoms with van der Waals surface area (Å²) in [5.74, 6) is -0.587. The Morgan fingerprint density at radius 2 is 1.42 bits per heavy atom. The fourth-order valence-corrected chi connectivity index (χ4v) is 1.85. The highest BCUT2D eigenvalue weighted by atomic mass is 16.6. The third-order valence-electron chi connectivity index (χ3n) is 3.32. The van der Waals surface area contributed by atoms with Crippen LogP contribution in [0.1, 0.15) is 49.9 Å². The molecule has 0 heterocycles. The van der Waals surface area contributed by atoms with Crippen LogP contribution in [0.15, 0.2) is 18.2 Å². The van der Waals surface area contributed by atoms with Crippen molar-refractivity contribution in [2.24, 2.45) is 0 Å². The molecule has 0 aliphatic heterocycles. The standard InChI is InChI=1S/C19H26O7/c1-3-5-9-23-18(21)13-25-16-8-7-15(12-20)11-17(16)26-14-19(22)24-10-6-4-2/h7-8,11-12H,3-6,9-10,13-14H2,1-2H3. The maximum Gasteiger partial charge on any atom is 0.344 e. The van der Waals surface area contributed by atoms with Crippen LogP contribution in [0.4, 0.5) is 0 Å². The number of rotatable bonds is 13. The molecule has 0 saturated heterocycles. The number of carbonyl (C=O) groups excluding carboxylic acids is 3. The minimum atomic E-state index is -0.514. The maximum atomic E-state index is 11.6. The van der Waals surface area contributed by atoms with Crippen molar-refractivity contribution in [1.82, 2.24) is 0 Å². The Balaban J connectivity index is 2.60. The first-order chi connectivity index (χ1) is 12.6. The summed E-state index contributed by atoms with van der Waals surface area (Å²) < 4.78 is 20.8. The molecule has 0 fully saturated rings. The molecule has 0 aliphatic carbocycles. The molecule has 26 heavy (non-hydrogen) atoms. The molecule has 0 spiro atoms. The summed E-state index contributed by atoms with van der Waals surface area (Å²) in [4.78, 5) is 34.2. The van der Waals surface area contributed by atoms with Crippen LogP contribution < -0.4 is 9.47 Å². The Labute approximate surface area is 153 Å². The molecule has 1 aromatic rings. The third-order valence-corrected chi connectivity index (χ3v) is 3.32. The summed E-state index contributed by atoms with van der Waals surface area (Å²) in [6, 6.07) is 4.46. The van der Waals surface area contributed by atoms with Crippen LogP contribution in [0.25, 0.3) is 0 Å². The summed E-state index contributed by atoms with van der Waals surface area (Å²) >= 11 is 0. The van der Waals surface area contributed by atoms with E-state index in [0.29, 0.717) is 25.1 Å². The third kappa shape index (κ3) is 8.50. The molecule has 0 atom stereocenters. The molecule has 0 aromatic heterocycles. The molecule has 7 heteroatoms. The largest absolute Gasteiger partial charge is 0.478 e. The van der Waals surface area contributed by atoms with E-state index in [9.17, 15) is 14.4 Å². The monoisotopic (exact) mass is 366 g/mol. The summed E-state index contributed by atoms with van der Waals surface area (Å²) in [6.07, 6.45) is 4.06. The van der Waals surface area contributed by atoms with E-state index < -0.39 is 11.9 Å². The van der Waals surface area contributed by atoms with Gasteiger partial charge < -0.3 is 18.9 Å². The zero-order chi connectivity index (χ0) is 19.2. The fourth-order valence-electron chi connectivity index (χ4n) is 1.85. The van der Waals surface area contributed by atoms with Crippen LogP contribution >= 0.6 is 0 Å².